The highest BCUT2D eigenvalue weighted by Gasteiger charge is 2.14. The van der Waals surface area contributed by atoms with Crippen molar-refractivity contribution in [3.05, 3.63) is 55.1 Å². The van der Waals surface area contributed by atoms with Crippen LogP contribution in [0.4, 0.5) is 0 Å². The summed E-state index contributed by atoms with van der Waals surface area (Å²) >= 11 is 11.2. The van der Waals surface area contributed by atoms with Gasteiger partial charge in [-0.2, -0.15) is 0 Å². The quantitative estimate of drug-likeness (QED) is 0.825. The molecule has 1 unspecified atom stereocenters. The number of hydrogen-bond donors (Lipinski definition) is 1. The number of halogens is 2. The van der Waals surface area contributed by atoms with Gasteiger partial charge in [-0.15, -0.1) is 11.3 Å². The van der Waals surface area contributed by atoms with Crippen molar-refractivity contribution < 1.29 is 0 Å². The van der Waals surface area contributed by atoms with Crippen LogP contribution in [0.25, 0.3) is 0 Å². The van der Waals surface area contributed by atoms with Gasteiger partial charge in [0.15, 0.2) is 0 Å². The Morgan fingerprint density at radius 3 is 2.72 bits per heavy atom. The van der Waals surface area contributed by atoms with Crippen LogP contribution >= 0.6 is 38.9 Å². The van der Waals surface area contributed by atoms with Crippen molar-refractivity contribution in [2.24, 2.45) is 0 Å². The van der Waals surface area contributed by atoms with Gasteiger partial charge >= 0.3 is 0 Å². The van der Waals surface area contributed by atoms with Crippen molar-refractivity contribution in [3.63, 3.8) is 0 Å². The molecular formula is C14H15BrClNS. The van der Waals surface area contributed by atoms with E-state index in [2.05, 4.69) is 52.4 Å². The van der Waals surface area contributed by atoms with Gasteiger partial charge < -0.3 is 5.32 Å². The Labute approximate surface area is 125 Å². The molecule has 0 aliphatic carbocycles. The van der Waals surface area contributed by atoms with Gasteiger partial charge in [0.25, 0.3) is 0 Å². The molecule has 18 heavy (non-hydrogen) atoms. The van der Waals surface area contributed by atoms with E-state index < -0.39 is 0 Å². The molecule has 1 nitrogen and oxygen atoms in total. The lowest BCUT2D eigenvalue weighted by Gasteiger charge is -2.19. The number of rotatable bonds is 4. The predicted molar refractivity (Wildman–Crippen MR) is 83.7 cm³/mol. The van der Waals surface area contributed by atoms with Crippen LogP contribution in [0, 0.1) is 6.92 Å². The molecule has 0 saturated heterocycles. The van der Waals surface area contributed by atoms with Crippen molar-refractivity contribution >= 4 is 38.9 Å². The molecule has 0 aliphatic rings. The molecule has 0 saturated carbocycles. The summed E-state index contributed by atoms with van der Waals surface area (Å²) in [7, 11) is 2.00. The monoisotopic (exact) mass is 343 g/mol. The summed E-state index contributed by atoms with van der Waals surface area (Å²) in [4.78, 5) is 1.30. The van der Waals surface area contributed by atoms with Gasteiger partial charge in [-0.1, -0.05) is 39.7 Å². The highest BCUT2D eigenvalue weighted by molar-refractivity contribution is 9.10. The van der Waals surface area contributed by atoms with Crippen LogP contribution < -0.4 is 5.32 Å². The third kappa shape index (κ3) is 3.15. The molecular weight excluding hydrogens is 330 g/mol. The first-order chi connectivity index (χ1) is 8.61. The second-order valence-electron chi connectivity index (χ2n) is 4.21. The lowest BCUT2D eigenvalue weighted by atomic mass is 9.98. The zero-order chi connectivity index (χ0) is 13.1. The number of likely N-dealkylation sites (N-methyl/N-ethyl adjacent to an activating group) is 1. The van der Waals surface area contributed by atoms with E-state index in [1.54, 1.807) is 11.3 Å². The minimum Gasteiger partial charge on any atom is -0.313 e. The average Bonchev–Trinajstić information content (AvgIpc) is 2.76. The topological polar surface area (TPSA) is 12.0 Å². The number of nitrogens with one attached hydrogen (secondary N) is 1. The van der Waals surface area contributed by atoms with E-state index in [9.17, 15) is 0 Å². The third-order valence-corrected chi connectivity index (χ3v) is 5.18. The van der Waals surface area contributed by atoms with E-state index in [0.29, 0.717) is 6.04 Å². The summed E-state index contributed by atoms with van der Waals surface area (Å²) < 4.78 is 2.01. The van der Waals surface area contributed by atoms with Crippen molar-refractivity contribution in [1.29, 1.82) is 0 Å². The molecule has 0 spiro atoms. The van der Waals surface area contributed by atoms with Gasteiger partial charge in [0.1, 0.15) is 0 Å². The number of thiophene rings is 1. The first-order valence-electron chi connectivity index (χ1n) is 5.78. The summed E-state index contributed by atoms with van der Waals surface area (Å²) in [6, 6.07) is 10.7. The van der Waals surface area contributed by atoms with E-state index in [-0.39, 0.29) is 0 Å². The van der Waals surface area contributed by atoms with Crippen LogP contribution in [0.1, 0.15) is 22.0 Å². The van der Waals surface area contributed by atoms with Gasteiger partial charge in [-0.05, 0) is 43.3 Å². The average molecular weight is 345 g/mol. The second-order valence-corrected chi connectivity index (χ2v) is 6.86. The molecule has 2 rings (SSSR count). The fraction of sp³-hybridized carbons (Fsp3) is 0.286. The van der Waals surface area contributed by atoms with Gasteiger partial charge in [-0.25, -0.2) is 0 Å². The first-order valence-corrected chi connectivity index (χ1v) is 7.77. The SMILES string of the molecule is CNC(Cc1ccc(Cl)s1)c1cccc(Br)c1C. The van der Waals surface area contributed by atoms with E-state index in [4.69, 9.17) is 11.6 Å². The summed E-state index contributed by atoms with van der Waals surface area (Å²) in [6.45, 7) is 2.14. The fourth-order valence-corrected chi connectivity index (χ4v) is 3.55. The van der Waals surface area contributed by atoms with Gasteiger partial charge in [0.05, 0.1) is 4.34 Å². The number of benzene rings is 1. The van der Waals surface area contributed by atoms with Crippen LogP contribution in [0.2, 0.25) is 4.34 Å². The summed E-state index contributed by atoms with van der Waals surface area (Å²) in [5.41, 5.74) is 2.62. The van der Waals surface area contributed by atoms with Crippen LogP contribution in [-0.2, 0) is 6.42 Å². The Morgan fingerprint density at radius 1 is 1.33 bits per heavy atom. The molecule has 4 heteroatoms. The molecule has 0 amide bonds. The summed E-state index contributed by atoms with van der Waals surface area (Å²) in [5, 5.41) is 3.39. The van der Waals surface area contributed by atoms with Crippen LogP contribution in [-0.4, -0.2) is 7.05 Å². The first kappa shape index (κ1) is 14.1. The second kappa shape index (κ2) is 6.20. The van der Waals surface area contributed by atoms with Gasteiger partial charge in [0, 0.05) is 21.8 Å². The van der Waals surface area contributed by atoms with Gasteiger partial charge in [0.2, 0.25) is 0 Å². The maximum absolute atomic E-state index is 5.98. The minimum atomic E-state index is 0.317. The molecule has 0 bridgehead atoms. The maximum atomic E-state index is 5.98. The molecule has 1 heterocycles. The summed E-state index contributed by atoms with van der Waals surface area (Å²) in [6.07, 6.45) is 0.963. The Hall–Kier alpha value is -0.350. The third-order valence-electron chi connectivity index (χ3n) is 3.07. The number of hydrogen-bond acceptors (Lipinski definition) is 2. The van der Waals surface area contributed by atoms with Crippen molar-refractivity contribution in [3.8, 4) is 0 Å². The highest BCUT2D eigenvalue weighted by Crippen LogP contribution is 2.29. The Kier molecular flexibility index (Phi) is 4.84. The smallest absolute Gasteiger partial charge is 0.0931 e. The molecule has 1 aromatic carbocycles. The molecule has 96 valence electrons. The molecule has 2 aromatic rings. The molecule has 0 aliphatic heterocycles. The summed E-state index contributed by atoms with van der Waals surface area (Å²) in [5.74, 6) is 0. The molecule has 1 aromatic heterocycles. The van der Waals surface area contributed by atoms with Crippen molar-refractivity contribution in [2.75, 3.05) is 7.05 Å². The van der Waals surface area contributed by atoms with E-state index >= 15 is 0 Å². The maximum Gasteiger partial charge on any atom is 0.0931 e. The van der Waals surface area contributed by atoms with Crippen LogP contribution in [0.3, 0.4) is 0 Å². The Morgan fingerprint density at radius 2 is 2.11 bits per heavy atom. The molecule has 0 radical (unpaired) electrons. The highest BCUT2D eigenvalue weighted by atomic mass is 79.9. The minimum absolute atomic E-state index is 0.317. The molecule has 1 atom stereocenters. The molecule has 1 N–H and O–H groups in total. The normalized spacial score (nSPS) is 12.7. The van der Waals surface area contributed by atoms with Crippen LogP contribution in [0.5, 0.6) is 0 Å². The van der Waals surface area contributed by atoms with Crippen LogP contribution in [0.15, 0.2) is 34.8 Å². The largest absolute Gasteiger partial charge is 0.313 e. The fourth-order valence-electron chi connectivity index (χ4n) is 2.03. The zero-order valence-electron chi connectivity index (χ0n) is 10.3. The predicted octanol–water partition coefficient (Wildman–Crippen LogP) is 4.98. The van der Waals surface area contributed by atoms with Gasteiger partial charge in [-0.3, -0.25) is 0 Å². The lowest BCUT2D eigenvalue weighted by Crippen LogP contribution is -2.19. The van der Waals surface area contributed by atoms with E-state index in [0.717, 1.165) is 15.2 Å². The van der Waals surface area contributed by atoms with E-state index in [1.807, 2.05) is 13.1 Å². The lowest BCUT2D eigenvalue weighted by molar-refractivity contribution is 0.593. The van der Waals surface area contributed by atoms with E-state index in [1.165, 1.54) is 16.0 Å². The standard InChI is InChI=1S/C14H15BrClNS/c1-9-11(4-3-5-12(9)15)13(17-2)8-10-6-7-14(16)18-10/h3-7,13,17H,8H2,1-2H3. The van der Waals surface area contributed by atoms with Crippen molar-refractivity contribution in [1.82, 2.24) is 5.32 Å². The zero-order valence-corrected chi connectivity index (χ0v) is 13.5. The van der Waals surface area contributed by atoms with Crippen molar-refractivity contribution in [2.45, 2.75) is 19.4 Å². The molecule has 0 fully saturated rings. The Balaban J connectivity index is 2.25. The Bertz CT molecular complexity index is 538.